The molecule has 2 aliphatic heterocycles. The largest absolute Gasteiger partial charge is 0.507 e. The number of fused-ring (bicyclic) bond motifs is 2. The van der Waals surface area contributed by atoms with Crippen LogP contribution in [0.4, 0.5) is 4.39 Å². The molecule has 3 aromatic rings. The number of hydrogen-bond donors (Lipinski definition) is 1. The first-order valence-electron chi connectivity index (χ1n) is 9.28. The summed E-state index contributed by atoms with van der Waals surface area (Å²) < 4.78 is 22.5. The number of aromatic hydroxyl groups is 1. The van der Waals surface area contributed by atoms with E-state index in [2.05, 4.69) is 20.1 Å². The Bertz CT molecular complexity index is 979. The van der Waals surface area contributed by atoms with E-state index in [9.17, 15) is 9.50 Å². The van der Waals surface area contributed by atoms with Crippen LogP contribution in [0.3, 0.4) is 0 Å². The number of aromatic nitrogens is 4. The number of imidazole rings is 1. The first kappa shape index (κ1) is 17.6. The van der Waals surface area contributed by atoms with Gasteiger partial charge in [0.15, 0.2) is 11.2 Å². The minimum absolute atomic E-state index is 0.0732. The summed E-state index contributed by atoms with van der Waals surface area (Å²) in [5.41, 5.74) is 1.36. The first-order chi connectivity index (χ1) is 13.6. The van der Waals surface area contributed by atoms with E-state index in [0.717, 1.165) is 18.5 Å². The molecule has 4 atom stereocenters. The van der Waals surface area contributed by atoms with Crippen LogP contribution in [0, 0.1) is 0 Å². The number of benzene rings is 1. The fourth-order valence-corrected chi connectivity index (χ4v) is 5.02. The van der Waals surface area contributed by atoms with Crippen LogP contribution in [0.1, 0.15) is 19.3 Å². The number of rotatable bonds is 4. The Labute approximate surface area is 165 Å². The predicted molar refractivity (Wildman–Crippen MR) is 103 cm³/mol. The third kappa shape index (κ3) is 2.94. The van der Waals surface area contributed by atoms with Gasteiger partial charge in [0.1, 0.15) is 11.9 Å². The average Bonchev–Trinajstić information content (AvgIpc) is 3.41. The fraction of sp³-hybridized carbons (Fsp3) is 0.421. The molecule has 2 saturated heterocycles. The summed E-state index contributed by atoms with van der Waals surface area (Å²) >= 11 is 1.22. The van der Waals surface area contributed by atoms with E-state index in [1.807, 2.05) is 13.1 Å². The summed E-state index contributed by atoms with van der Waals surface area (Å²) in [6, 6.07) is 5.59. The van der Waals surface area contributed by atoms with Crippen LogP contribution in [-0.4, -0.2) is 61.2 Å². The van der Waals surface area contributed by atoms with Crippen LogP contribution < -0.4 is 4.74 Å². The number of phenolic OH excluding ortho intramolecular Hbond substituents is 1. The minimum atomic E-state index is -1.03. The van der Waals surface area contributed by atoms with Crippen molar-refractivity contribution in [3.8, 4) is 27.2 Å². The standard InChI is InChI=1S/C19H20FN5O2S/c1-24-11-3-5-14(24)17(20)16(9-11)27-19-23-22-18(28-19)13-4-2-12(8-15(13)26)25-7-6-21-10-25/h2,4,6-8,10-11,14,16-17,26H,3,5,9H2,1H3/t11-,14+,16-,17-/m0/s1. The van der Waals surface area contributed by atoms with Crippen LogP contribution in [-0.2, 0) is 0 Å². The smallest absolute Gasteiger partial charge is 0.294 e. The third-order valence-electron chi connectivity index (χ3n) is 5.79. The molecule has 9 heteroatoms. The van der Waals surface area contributed by atoms with Crippen LogP contribution in [0.2, 0.25) is 0 Å². The van der Waals surface area contributed by atoms with Crippen molar-refractivity contribution in [2.45, 2.75) is 43.6 Å². The lowest BCUT2D eigenvalue weighted by Crippen LogP contribution is -2.52. The molecule has 0 amide bonds. The summed E-state index contributed by atoms with van der Waals surface area (Å²) in [7, 11) is 1.99. The molecule has 0 unspecified atom stereocenters. The second-order valence-corrected chi connectivity index (χ2v) is 8.29. The van der Waals surface area contributed by atoms with Gasteiger partial charge >= 0.3 is 0 Å². The quantitative estimate of drug-likeness (QED) is 0.724. The molecule has 0 saturated carbocycles. The molecular weight excluding hydrogens is 381 g/mol. The molecule has 0 spiro atoms. The Morgan fingerprint density at radius 3 is 2.96 bits per heavy atom. The highest BCUT2D eigenvalue weighted by molar-refractivity contribution is 7.16. The molecule has 146 valence electrons. The number of phenols is 1. The summed E-state index contributed by atoms with van der Waals surface area (Å²) in [5, 5.41) is 19.5. The Morgan fingerprint density at radius 1 is 1.29 bits per heavy atom. The first-order valence-corrected chi connectivity index (χ1v) is 10.1. The minimum Gasteiger partial charge on any atom is -0.507 e. The van der Waals surface area contributed by atoms with Crippen molar-refractivity contribution in [2.24, 2.45) is 0 Å². The fourth-order valence-electron chi connectivity index (χ4n) is 4.24. The van der Waals surface area contributed by atoms with Crippen LogP contribution in [0.25, 0.3) is 16.3 Å². The van der Waals surface area contributed by atoms with E-state index in [-0.39, 0.29) is 11.8 Å². The van der Waals surface area contributed by atoms with Gasteiger partial charge in [-0.3, -0.25) is 4.90 Å². The normalized spacial score (nSPS) is 27.2. The molecule has 1 N–H and O–H groups in total. The van der Waals surface area contributed by atoms with E-state index in [4.69, 9.17) is 4.74 Å². The summed E-state index contributed by atoms with van der Waals surface area (Å²) in [4.78, 5) is 6.14. The number of halogens is 1. The monoisotopic (exact) mass is 401 g/mol. The van der Waals surface area contributed by atoms with Crippen molar-refractivity contribution in [1.82, 2.24) is 24.6 Å². The van der Waals surface area contributed by atoms with Gasteiger partial charge in [0.25, 0.3) is 5.19 Å². The summed E-state index contributed by atoms with van der Waals surface area (Å²) in [6.07, 6.45) is 6.16. The lowest BCUT2D eigenvalue weighted by molar-refractivity contribution is -0.0114. The number of nitrogens with zero attached hydrogens (tertiary/aromatic N) is 5. The van der Waals surface area contributed by atoms with Gasteiger partial charge in [-0.05, 0) is 32.0 Å². The second kappa shape index (κ2) is 6.82. The SMILES string of the molecule is CN1[C@H]2CC[C@@H]1[C@H](F)[C@@H](Oc1nnc(-c3ccc(-n4ccnc4)cc3O)s1)C2. The molecule has 2 bridgehead atoms. The predicted octanol–water partition coefficient (Wildman–Crippen LogP) is 3.05. The van der Waals surface area contributed by atoms with Crippen molar-refractivity contribution in [3.05, 3.63) is 36.9 Å². The van der Waals surface area contributed by atoms with Crippen molar-refractivity contribution in [2.75, 3.05) is 7.05 Å². The van der Waals surface area contributed by atoms with Gasteiger partial charge in [0, 0.05) is 37.0 Å². The lowest BCUT2D eigenvalue weighted by Gasteiger charge is -2.38. The van der Waals surface area contributed by atoms with E-state index in [1.165, 1.54) is 11.3 Å². The van der Waals surface area contributed by atoms with Crippen LogP contribution >= 0.6 is 11.3 Å². The maximum Gasteiger partial charge on any atom is 0.294 e. The van der Waals surface area contributed by atoms with Gasteiger partial charge < -0.3 is 14.4 Å². The maximum absolute atomic E-state index is 14.8. The Morgan fingerprint density at radius 2 is 2.18 bits per heavy atom. The molecule has 28 heavy (non-hydrogen) atoms. The molecular formula is C19H20FN5O2S. The second-order valence-electron chi connectivity index (χ2n) is 7.34. The molecule has 2 fully saturated rings. The van der Waals surface area contributed by atoms with Gasteiger partial charge in [-0.1, -0.05) is 16.4 Å². The third-order valence-corrected chi connectivity index (χ3v) is 6.64. The summed E-state index contributed by atoms with van der Waals surface area (Å²) in [6.45, 7) is 0. The lowest BCUT2D eigenvalue weighted by atomic mass is 9.98. The van der Waals surface area contributed by atoms with Gasteiger partial charge in [-0.2, -0.15) is 0 Å². The Hall–Kier alpha value is -2.52. The molecule has 0 aliphatic carbocycles. The number of hydrogen-bond acceptors (Lipinski definition) is 7. The zero-order valence-corrected chi connectivity index (χ0v) is 16.1. The van der Waals surface area contributed by atoms with Gasteiger partial charge in [-0.15, -0.1) is 5.10 Å². The highest BCUT2D eigenvalue weighted by Crippen LogP contribution is 2.40. The number of alkyl halides is 1. The summed E-state index contributed by atoms with van der Waals surface area (Å²) in [5.74, 6) is 0.0922. The molecule has 5 rings (SSSR count). The maximum atomic E-state index is 14.8. The number of piperidine rings is 1. The van der Waals surface area contributed by atoms with Gasteiger partial charge in [-0.25, -0.2) is 9.37 Å². The van der Waals surface area contributed by atoms with Crippen molar-refractivity contribution < 1.29 is 14.2 Å². The van der Waals surface area contributed by atoms with Crippen LogP contribution in [0.5, 0.6) is 10.9 Å². The highest BCUT2D eigenvalue weighted by atomic mass is 32.1. The van der Waals surface area contributed by atoms with E-state index in [1.54, 1.807) is 35.4 Å². The zero-order chi connectivity index (χ0) is 19.3. The van der Waals surface area contributed by atoms with Gasteiger partial charge in [0.05, 0.1) is 17.6 Å². The molecule has 2 aromatic heterocycles. The molecule has 0 radical (unpaired) electrons. The van der Waals surface area contributed by atoms with Crippen molar-refractivity contribution in [3.63, 3.8) is 0 Å². The highest BCUT2D eigenvalue weighted by Gasteiger charge is 2.47. The molecule has 7 nitrogen and oxygen atoms in total. The molecule has 4 heterocycles. The van der Waals surface area contributed by atoms with Crippen molar-refractivity contribution >= 4 is 11.3 Å². The molecule has 2 aliphatic rings. The van der Waals surface area contributed by atoms with Crippen molar-refractivity contribution in [1.29, 1.82) is 0 Å². The zero-order valence-electron chi connectivity index (χ0n) is 15.3. The Balaban J connectivity index is 1.34. The van der Waals surface area contributed by atoms with E-state index in [0.29, 0.717) is 28.2 Å². The van der Waals surface area contributed by atoms with E-state index >= 15 is 0 Å². The topological polar surface area (TPSA) is 76.3 Å². The average molecular weight is 401 g/mol. The van der Waals surface area contributed by atoms with E-state index < -0.39 is 12.3 Å². The van der Waals surface area contributed by atoms with Crippen LogP contribution in [0.15, 0.2) is 36.9 Å². The molecule has 1 aromatic carbocycles. The van der Waals surface area contributed by atoms with Gasteiger partial charge in [0.2, 0.25) is 0 Å². The Kier molecular flexibility index (Phi) is 4.28. The number of ether oxygens (including phenoxy) is 1.